The van der Waals surface area contributed by atoms with Gasteiger partial charge in [0.1, 0.15) is 0 Å². The average Bonchev–Trinajstić information content (AvgIpc) is 2.76. The molecule has 104 valence electrons. The smallest absolute Gasteiger partial charge is 0.161 e. The maximum Gasteiger partial charge on any atom is 0.161 e. The molecule has 1 saturated heterocycles. The van der Waals surface area contributed by atoms with E-state index in [-0.39, 0.29) is 6.29 Å². The van der Waals surface area contributed by atoms with E-state index >= 15 is 0 Å². The summed E-state index contributed by atoms with van der Waals surface area (Å²) in [5, 5.41) is 0. The monoisotopic (exact) mass is 252 g/mol. The Kier molecular flexibility index (Phi) is 4.85. The molecule has 2 atom stereocenters. The van der Waals surface area contributed by atoms with Gasteiger partial charge in [0.15, 0.2) is 6.29 Å². The maximum absolute atomic E-state index is 5.87. The zero-order valence-corrected chi connectivity index (χ0v) is 12.2. The van der Waals surface area contributed by atoms with Crippen LogP contribution in [0.25, 0.3) is 0 Å². The van der Waals surface area contributed by atoms with Crippen molar-refractivity contribution in [3.05, 3.63) is 11.6 Å². The lowest BCUT2D eigenvalue weighted by molar-refractivity contribution is -0.0551. The summed E-state index contributed by atoms with van der Waals surface area (Å²) in [6.07, 6.45) is 11.1. The molecule has 2 nitrogen and oxygen atoms in total. The van der Waals surface area contributed by atoms with Crippen LogP contribution in [0.15, 0.2) is 11.6 Å². The van der Waals surface area contributed by atoms with E-state index in [1.54, 1.807) is 5.57 Å². The van der Waals surface area contributed by atoms with E-state index in [4.69, 9.17) is 9.47 Å². The first-order valence-electron chi connectivity index (χ1n) is 7.54. The molecule has 2 unspecified atom stereocenters. The van der Waals surface area contributed by atoms with E-state index in [1.807, 2.05) is 0 Å². The van der Waals surface area contributed by atoms with Crippen LogP contribution in [0.5, 0.6) is 0 Å². The van der Waals surface area contributed by atoms with Crippen LogP contribution < -0.4 is 0 Å². The van der Waals surface area contributed by atoms with E-state index in [2.05, 4.69) is 26.8 Å². The van der Waals surface area contributed by atoms with Gasteiger partial charge in [0.25, 0.3) is 0 Å². The molecular formula is C16H28O2. The Morgan fingerprint density at radius 1 is 1.28 bits per heavy atom. The van der Waals surface area contributed by atoms with Crippen LogP contribution in [-0.2, 0) is 9.47 Å². The van der Waals surface area contributed by atoms with Crippen LogP contribution >= 0.6 is 0 Å². The Labute approximate surface area is 112 Å². The Hall–Kier alpha value is -0.340. The van der Waals surface area contributed by atoms with Gasteiger partial charge in [-0.25, -0.2) is 0 Å². The maximum atomic E-state index is 5.87. The Bertz CT molecular complexity index is 281. The van der Waals surface area contributed by atoms with Gasteiger partial charge in [0, 0.05) is 6.42 Å². The molecule has 1 aliphatic heterocycles. The molecule has 1 aliphatic carbocycles. The van der Waals surface area contributed by atoms with Crippen LogP contribution in [0.2, 0.25) is 0 Å². The minimum atomic E-state index is 0.0176. The molecule has 2 aliphatic rings. The summed E-state index contributed by atoms with van der Waals surface area (Å²) < 4.78 is 11.6. The third kappa shape index (κ3) is 4.10. The van der Waals surface area contributed by atoms with E-state index in [9.17, 15) is 0 Å². The molecule has 1 heterocycles. The highest BCUT2D eigenvalue weighted by atomic mass is 16.7. The normalized spacial score (nSPS) is 31.6. The van der Waals surface area contributed by atoms with Crippen molar-refractivity contribution in [2.75, 3.05) is 6.61 Å². The Morgan fingerprint density at radius 2 is 2.00 bits per heavy atom. The molecule has 2 heteroatoms. The highest BCUT2D eigenvalue weighted by Gasteiger charge is 2.26. The molecule has 18 heavy (non-hydrogen) atoms. The van der Waals surface area contributed by atoms with Gasteiger partial charge in [-0.1, -0.05) is 38.8 Å². The molecule has 0 bridgehead atoms. The van der Waals surface area contributed by atoms with Gasteiger partial charge < -0.3 is 9.47 Å². The molecule has 0 aromatic heterocycles. The van der Waals surface area contributed by atoms with Gasteiger partial charge in [-0.3, -0.25) is 0 Å². The number of ether oxygens (including phenoxy) is 2. The second kappa shape index (κ2) is 6.21. The lowest BCUT2D eigenvalue weighted by atomic mass is 9.75. The van der Waals surface area contributed by atoms with Crippen LogP contribution in [-0.4, -0.2) is 19.0 Å². The van der Waals surface area contributed by atoms with E-state index in [0.29, 0.717) is 11.5 Å². The summed E-state index contributed by atoms with van der Waals surface area (Å²) in [6, 6.07) is 0. The number of rotatable bonds is 4. The van der Waals surface area contributed by atoms with Gasteiger partial charge in [-0.05, 0) is 37.5 Å². The van der Waals surface area contributed by atoms with Crippen LogP contribution in [0.1, 0.15) is 65.7 Å². The van der Waals surface area contributed by atoms with Crippen LogP contribution in [0.4, 0.5) is 0 Å². The van der Waals surface area contributed by atoms with Crippen molar-refractivity contribution >= 4 is 0 Å². The van der Waals surface area contributed by atoms with E-state index < -0.39 is 0 Å². The van der Waals surface area contributed by atoms with Crippen molar-refractivity contribution in [3.8, 4) is 0 Å². The average molecular weight is 252 g/mol. The molecule has 0 radical (unpaired) electrons. The van der Waals surface area contributed by atoms with Gasteiger partial charge in [-0.15, -0.1) is 0 Å². The largest absolute Gasteiger partial charge is 0.350 e. The predicted octanol–water partition coefficient (Wildman–Crippen LogP) is 4.44. The highest BCUT2D eigenvalue weighted by Crippen LogP contribution is 2.37. The molecule has 0 aromatic rings. The van der Waals surface area contributed by atoms with Crippen molar-refractivity contribution in [1.82, 2.24) is 0 Å². The quantitative estimate of drug-likeness (QED) is 0.688. The summed E-state index contributed by atoms with van der Waals surface area (Å²) in [5.41, 5.74) is 2.16. The Morgan fingerprint density at radius 3 is 2.67 bits per heavy atom. The number of hydrogen-bond acceptors (Lipinski definition) is 2. The summed E-state index contributed by atoms with van der Waals surface area (Å²) in [7, 11) is 0. The second-order valence-corrected chi connectivity index (χ2v) is 6.57. The van der Waals surface area contributed by atoms with Crippen LogP contribution in [0, 0.1) is 5.41 Å². The van der Waals surface area contributed by atoms with Crippen molar-refractivity contribution in [1.29, 1.82) is 0 Å². The zero-order valence-electron chi connectivity index (χ0n) is 12.2. The SMILES string of the molecule is CCCC1COC(CC=C2CCC(C)(C)CC2)O1. The minimum absolute atomic E-state index is 0.0176. The summed E-state index contributed by atoms with van der Waals surface area (Å²) in [6.45, 7) is 7.74. The molecule has 2 rings (SSSR count). The molecule has 2 fully saturated rings. The fourth-order valence-electron chi connectivity index (χ4n) is 2.82. The molecular weight excluding hydrogens is 224 g/mol. The van der Waals surface area contributed by atoms with Crippen molar-refractivity contribution in [2.24, 2.45) is 5.41 Å². The fourth-order valence-corrected chi connectivity index (χ4v) is 2.82. The van der Waals surface area contributed by atoms with Gasteiger partial charge in [0.05, 0.1) is 12.7 Å². The van der Waals surface area contributed by atoms with Gasteiger partial charge in [0.2, 0.25) is 0 Å². The predicted molar refractivity (Wildman–Crippen MR) is 74.5 cm³/mol. The summed E-state index contributed by atoms with van der Waals surface area (Å²) in [4.78, 5) is 0. The molecule has 1 saturated carbocycles. The molecule has 0 aromatic carbocycles. The third-order valence-corrected chi connectivity index (χ3v) is 4.27. The second-order valence-electron chi connectivity index (χ2n) is 6.57. The molecule has 0 spiro atoms. The van der Waals surface area contributed by atoms with E-state index in [1.165, 1.54) is 32.1 Å². The first-order valence-corrected chi connectivity index (χ1v) is 7.54. The van der Waals surface area contributed by atoms with Gasteiger partial charge >= 0.3 is 0 Å². The standard InChI is InChI=1S/C16H28O2/c1-4-5-14-12-17-15(18-14)7-6-13-8-10-16(2,3)11-9-13/h6,14-15H,4-5,7-12H2,1-3H3. The van der Waals surface area contributed by atoms with Crippen molar-refractivity contribution in [3.63, 3.8) is 0 Å². The third-order valence-electron chi connectivity index (χ3n) is 4.27. The number of allylic oxidation sites excluding steroid dienone is 1. The number of hydrogen-bond donors (Lipinski definition) is 0. The topological polar surface area (TPSA) is 18.5 Å². The van der Waals surface area contributed by atoms with Gasteiger partial charge in [-0.2, -0.15) is 0 Å². The zero-order chi connectivity index (χ0) is 13.0. The lowest BCUT2D eigenvalue weighted by Gasteiger charge is -2.30. The van der Waals surface area contributed by atoms with E-state index in [0.717, 1.165) is 19.4 Å². The minimum Gasteiger partial charge on any atom is -0.350 e. The van der Waals surface area contributed by atoms with Crippen molar-refractivity contribution in [2.45, 2.75) is 78.1 Å². The van der Waals surface area contributed by atoms with Crippen molar-refractivity contribution < 1.29 is 9.47 Å². The van der Waals surface area contributed by atoms with Crippen LogP contribution in [0.3, 0.4) is 0 Å². The Balaban J connectivity index is 1.72. The summed E-state index contributed by atoms with van der Waals surface area (Å²) in [5.74, 6) is 0. The first kappa shape index (κ1) is 14.1. The molecule has 0 amide bonds. The molecule has 0 N–H and O–H groups in total. The highest BCUT2D eigenvalue weighted by molar-refractivity contribution is 5.07. The first-order chi connectivity index (χ1) is 8.59. The lowest BCUT2D eigenvalue weighted by Crippen LogP contribution is -2.17. The fraction of sp³-hybridized carbons (Fsp3) is 0.875. The summed E-state index contributed by atoms with van der Waals surface area (Å²) >= 11 is 0.